The Hall–Kier alpha value is -4.45. The Kier molecular flexibility index (Phi) is 11.4. The molecule has 0 saturated heterocycles. The van der Waals surface area contributed by atoms with Crippen molar-refractivity contribution in [2.24, 2.45) is 17.4 Å². The normalized spacial score (nSPS) is 13.9. The second kappa shape index (κ2) is 14.5. The highest BCUT2D eigenvalue weighted by atomic mass is 16.4. The summed E-state index contributed by atoms with van der Waals surface area (Å²) in [5, 5.41) is 26.2. The quantitative estimate of drug-likeness (QED) is 0.166. The molecule has 0 spiro atoms. The van der Waals surface area contributed by atoms with Crippen molar-refractivity contribution < 1.29 is 34.2 Å². The first-order valence-electron chi connectivity index (χ1n) is 12.4. The predicted octanol–water partition coefficient (Wildman–Crippen LogP) is -0.425. The molecule has 0 saturated carbocycles. The van der Waals surface area contributed by atoms with Crippen LogP contribution in [0.1, 0.15) is 31.4 Å². The molecule has 0 aromatic heterocycles. The van der Waals surface area contributed by atoms with Crippen molar-refractivity contribution >= 4 is 29.6 Å². The number of aromatic hydroxyl groups is 1. The van der Waals surface area contributed by atoms with Gasteiger partial charge in [-0.2, -0.15) is 0 Å². The van der Waals surface area contributed by atoms with E-state index in [1.54, 1.807) is 56.3 Å². The van der Waals surface area contributed by atoms with Crippen molar-refractivity contribution in [1.29, 1.82) is 0 Å². The molecule has 9 N–H and O–H groups in total. The smallest absolute Gasteiger partial charge is 0.326 e. The number of benzene rings is 2. The second-order valence-corrected chi connectivity index (χ2v) is 9.53. The van der Waals surface area contributed by atoms with Crippen LogP contribution in [0.25, 0.3) is 0 Å². The van der Waals surface area contributed by atoms with Gasteiger partial charge < -0.3 is 37.6 Å². The Labute approximate surface area is 226 Å². The Bertz CT molecular complexity index is 1150. The van der Waals surface area contributed by atoms with Crippen molar-refractivity contribution in [2.45, 2.75) is 57.3 Å². The van der Waals surface area contributed by atoms with Gasteiger partial charge in [-0.1, -0.05) is 56.3 Å². The molecule has 2 rings (SSSR count). The van der Waals surface area contributed by atoms with Crippen LogP contribution < -0.4 is 27.4 Å². The number of hydrogen-bond acceptors (Lipinski definition) is 7. The fourth-order valence-corrected chi connectivity index (χ4v) is 3.77. The van der Waals surface area contributed by atoms with E-state index in [-0.39, 0.29) is 18.6 Å². The average molecular weight is 542 g/mol. The first-order valence-corrected chi connectivity index (χ1v) is 12.4. The number of phenolic OH excluding ortho intramolecular Hbond substituents is 1. The van der Waals surface area contributed by atoms with Crippen LogP contribution in [0.3, 0.4) is 0 Å². The highest BCUT2D eigenvalue weighted by Gasteiger charge is 2.32. The fraction of sp³-hybridized carbons (Fsp3) is 0.370. The lowest BCUT2D eigenvalue weighted by Crippen LogP contribution is -2.59. The number of nitrogens with two attached hydrogens (primary N) is 2. The van der Waals surface area contributed by atoms with Gasteiger partial charge in [0.2, 0.25) is 23.6 Å². The van der Waals surface area contributed by atoms with E-state index in [0.29, 0.717) is 5.56 Å². The maximum absolute atomic E-state index is 13.4. The third kappa shape index (κ3) is 10.1. The van der Waals surface area contributed by atoms with Gasteiger partial charge in [0, 0.05) is 6.42 Å². The summed E-state index contributed by atoms with van der Waals surface area (Å²) in [5.74, 6) is -4.86. The van der Waals surface area contributed by atoms with Gasteiger partial charge in [-0.15, -0.1) is 0 Å². The first kappa shape index (κ1) is 30.8. The number of carboxylic acid groups (broad SMARTS) is 1. The van der Waals surface area contributed by atoms with E-state index in [0.717, 1.165) is 5.56 Å². The van der Waals surface area contributed by atoms with Crippen molar-refractivity contribution in [3.05, 3.63) is 65.7 Å². The number of carboxylic acids is 1. The summed E-state index contributed by atoms with van der Waals surface area (Å²) in [6.07, 6.45) is -0.374. The third-order valence-electron chi connectivity index (χ3n) is 5.91. The summed E-state index contributed by atoms with van der Waals surface area (Å²) < 4.78 is 0. The molecule has 4 unspecified atom stereocenters. The minimum Gasteiger partial charge on any atom is -0.508 e. The molecule has 12 nitrogen and oxygen atoms in total. The number of carbonyl (C=O) groups is 5. The molecule has 12 heteroatoms. The lowest BCUT2D eigenvalue weighted by molar-refractivity contribution is -0.144. The number of carbonyl (C=O) groups excluding carboxylic acids is 4. The van der Waals surface area contributed by atoms with Gasteiger partial charge in [0.25, 0.3) is 0 Å². The Morgan fingerprint density at radius 3 is 1.87 bits per heavy atom. The van der Waals surface area contributed by atoms with Crippen LogP contribution in [-0.4, -0.2) is 64.0 Å². The van der Waals surface area contributed by atoms with Gasteiger partial charge in [-0.3, -0.25) is 19.2 Å². The Balaban J connectivity index is 2.19. The van der Waals surface area contributed by atoms with Gasteiger partial charge in [0.1, 0.15) is 23.9 Å². The summed E-state index contributed by atoms with van der Waals surface area (Å²) in [4.78, 5) is 61.8. The average Bonchev–Trinajstić information content (AvgIpc) is 2.87. The molecule has 4 amide bonds. The number of rotatable bonds is 14. The van der Waals surface area contributed by atoms with Crippen LogP contribution in [-0.2, 0) is 36.8 Å². The van der Waals surface area contributed by atoms with E-state index in [4.69, 9.17) is 11.5 Å². The van der Waals surface area contributed by atoms with Crippen LogP contribution in [0.4, 0.5) is 0 Å². The topological polar surface area (TPSA) is 214 Å². The fourth-order valence-electron chi connectivity index (χ4n) is 3.77. The lowest BCUT2D eigenvalue weighted by atomic mass is 9.99. The minimum absolute atomic E-state index is 0.0735. The molecule has 2 aromatic rings. The zero-order chi connectivity index (χ0) is 29.1. The second-order valence-electron chi connectivity index (χ2n) is 9.53. The summed E-state index contributed by atoms with van der Waals surface area (Å²) in [5.41, 5.74) is 12.6. The first-order chi connectivity index (χ1) is 18.4. The van der Waals surface area contributed by atoms with Gasteiger partial charge in [-0.25, -0.2) is 4.79 Å². The van der Waals surface area contributed by atoms with Gasteiger partial charge in [0.05, 0.1) is 12.5 Å². The monoisotopic (exact) mass is 541 g/mol. The SMILES string of the molecule is CC(C)C(NC(=O)C(Cc1ccccc1)NC(=O)C(N)Cc1ccc(O)cc1)C(=O)NC(CC(N)=O)C(=O)O. The lowest BCUT2D eigenvalue weighted by Gasteiger charge is -2.27. The standard InChI is InChI=1S/C27H35N5O7/c1-15(2)23(26(37)31-21(27(38)39)14-22(29)34)32-25(36)20(13-16-6-4-3-5-7-16)30-24(35)19(28)12-17-8-10-18(33)11-9-17/h3-11,15,19-21,23,33H,12-14,28H2,1-2H3,(H2,29,34)(H,30,35)(H,31,37)(H,32,36)(H,38,39). The Morgan fingerprint density at radius 1 is 0.769 bits per heavy atom. The zero-order valence-electron chi connectivity index (χ0n) is 21.8. The van der Waals surface area contributed by atoms with Crippen molar-refractivity contribution in [2.75, 3.05) is 0 Å². The summed E-state index contributed by atoms with van der Waals surface area (Å²) in [6.45, 7) is 3.29. The molecule has 210 valence electrons. The molecule has 0 fully saturated rings. The number of hydrogen-bond donors (Lipinski definition) is 7. The molecule has 0 aliphatic heterocycles. The number of amides is 4. The van der Waals surface area contributed by atoms with Crippen molar-refractivity contribution in [3.63, 3.8) is 0 Å². The number of primary amides is 1. The summed E-state index contributed by atoms with van der Waals surface area (Å²) >= 11 is 0. The van der Waals surface area contributed by atoms with E-state index in [1.807, 2.05) is 0 Å². The highest BCUT2D eigenvalue weighted by Crippen LogP contribution is 2.12. The van der Waals surface area contributed by atoms with E-state index >= 15 is 0 Å². The van der Waals surface area contributed by atoms with Crippen LogP contribution in [0, 0.1) is 5.92 Å². The maximum atomic E-state index is 13.4. The molecule has 0 aliphatic rings. The minimum atomic E-state index is -1.56. The molecule has 39 heavy (non-hydrogen) atoms. The zero-order valence-corrected chi connectivity index (χ0v) is 21.8. The van der Waals surface area contributed by atoms with Crippen LogP contribution >= 0.6 is 0 Å². The molecule has 0 aliphatic carbocycles. The molecule has 0 heterocycles. The van der Waals surface area contributed by atoms with E-state index < -0.39 is 66.1 Å². The number of nitrogens with one attached hydrogen (secondary N) is 3. The number of phenols is 1. The van der Waals surface area contributed by atoms with Gasteiger partial charge >= 0.3 is 5.97 Å². The molecule has 0 bridgehead atoms. The van der Waals surface area contributed by atoms with Crippen molar-refractivity contribution in [1.82, 2.24) is 16.0 Å². The number of aliphatic carboxylic acids is 1. The predicted molar refractivity (Wildman–Crippen MR) is 142 cm³/mol. The molecular formula is C27H35N5O7. The van der Waals surface area contributed by atoms with Crippen molar-refractivity contribution in [3.8, 4) is 5.75 Å². The molecule has 4 atom stereocenters. The molecular weight excluding hydrogens is 506 g/mol. The van der Waals surface area contributed by atoms with E-state index in [1.165, 1.54) is 12.1 Å². The van der Waals surface area contributed by atoms with Crippen LogP contribution in [0.2, 0.25) is 0 Å². The maximum Gasteiger partial charge on any atom is 0.326 e. The summed E-state index contributed by atoms with van der Waals surface area (Å²) in [6, 6.07) is 10.3. The van der Waals surface area contributed by atoms with Gasteiger partial charge in [0.15, 0.2) is 0 Å². The third-order valence-corrected chi connectivity index (χ3v) is 5.91. The van der Waals surface area contributed by atoms with Crippen LogP contribution in [0.5, 0.6) is 5.75 Å². The van der Waals surface area contributed by atoms with Crippen LogP contribution in [0.15, 0.2) is 54.6 Å². The molecule has 2 aromatic carbocycles. The highest BCUT2D eigenvalue weighted by molar-refractivity contribution is 5.95. The van der Waals surface area contributed by atoms with E-state index in [2.05, 4.69) is 16.0 Å². The van der Waals surface area contributed by atoms with Gasteiger partial charge in [-0.05, 0) is 35.6 Å². The molecule has 0 radical (unpaired) electrons. The van der Waals surface area contributed by atoms with E-state index in [9.17, 15) is 34.2 Å². The summed E-state index contributed by atoms with van der Waals surface area (Å²) in [7, 11) is 0. The Morgan fingerprint density at radius 2 is 1.33 bits per heavy atom. The largest absolute Gasteiger partial charge is 0.508 e.